The topological polar surface area (TPSA) is 107 Å². The number of aromatic carboxylic acids is 1. The highest BCUT2D eigenvalue weighted by Crippen LogP contribution is 2.30. The highest BCUT2D eigenvalue weighted by atomic mass is 35.5. The summed E-state index contributed by atoms with van der Waals surface area (Å²) < 4.78 is 12.7. The van der Waals surface area contributed by atoms with Crippen LogP contribution in [0.5, 0.6) is 5.75 Å². The van der Waals surface area contributed by atoms with Crippen molar-refractivity contribution in [3.05, 3.63) is 92.8 Å². The molecule has 0 bridgehead atoms. The van der Waals surface area contributed by atoms with Crippen molar-refractivity contribution >= 4 is 51.2 Å². The fourth-order valence-electron chi connectivity index (χ4n) is 4.26. The Labute approximate surface area is 210 Å². The molecule has 0 unspecified atom stereocenters. The standard InChI is InChI=1S/C27H22ClN3O5/c1-15-20-13-21-22(14-23(20)36-26(34)24(15)25(32)33)31(11-10-16-6-8-17(28)9-7-16)27(30-21)29-18-4-3-5-19(12-18)35-2/h3-9,12-14H,10-11H2,1-2H3,(H,29,30)(H,32,33). The highest BCUT2D eigenvalue weighted by Gasteiger charge is 2.20. The van der Waals surface area contributed by atoms with E-state index in [1.54, 1.807) is 26.2 Å². The molecule has 3 aromatic carbocycles. The lowest BCUT2D eigenvalue weighted by atomic mass is 10.1. The van der Waals surface area contributed by atoms with Gasteiger partial charge in [-0.1, -0.05) is 29.8 Å². The summed E-state index contributed by atoms with van der Waals surface area (Å²) in [6, 6.07) is 18.6. The summed E-state index contributed by atoms with van der Waals surface area (Å²) in [6.07, 6.45) is 0.703. The van der Waals surface area contributed by atoms with E-state index in [4.69, 9.17) is 25.7 Å². The zero-order valence-electron chi connectivity index (χ0n) is 19.5. The van der Waals surface area contributed by atoms with Gasteiger partial charge in [-0.05, 0) is 54.8 Å². The first-order chi connectivity index (χ1) is 17.3. The summed E-state index contributed by atoms with van der Waals surface area (Å²) in [5, 5.41) is 14.0. The van der Waals surface area contributed by atoms with Crippen LogP contribution in [0.15, 0.2) is 69.9 Å². The lowest BCUT2D eigenvalue weighted by Crippen LogP contribution is -2.15. The van der Waals surface area contributed by atoms with Gasteiger partial charge in [-0.15, -0.1) is 0 Å². The molecular weight excluding hydrogens is 482 g/mol. The molecular formula is C27H22ClN3O5. The van der Waals surface area contributed by atoms with Crippen LogP contribution in [0.3, 0.4) is 0 Å². The number of anilines is 2. The number of carbonyl (C=O) groups is 1. The number of hydrogen-bond donors (Lipinski definition) is 2. The van der Waals surface area contributed by atoms with Gasteiger partial charge in [0, 0.05) is 34.8 Å². The Morgan fingerprint density at radius 2 is 1.94 bits per heavy atom. The first-order valence-electron chi connectivity index (χ1n) is 11.2. The minimum atomic E-state index is -1.32. The van der Waals surface area contributed by atoms with Crippen molar-refractivity contribution in [2.45, 2.75) is 19.9 Å². The van der Waals surface area contributed by atoms with Crippen LogP contribution in [0.25, 0.3) is 22.0 Å². The van der Waals surface area contributed by atoms with E-state index in [0.29, 0.717) is 51.7 Å². The van der Waals surface area contributed by atoms with Crippen LogP contribution in [0.4, 0.5) is 11.6 Å². The predicted octanol–water partition coefficient (Wildman–Crippen LogP) is 5.80. The number of carboxylic acid groups (broad SMARTS) is 1. The van der Waals surface area contributed by atoms with E-state index in [2.05, 4.69) is 5.32 Å². The molecule has 2 aromatic heterocycles. The third kappa shape index (κ3) is 4.38. The number of hydrogen-bond acceptors (Lipinski definition) is 6. The summed E-state index contributed by atoms with van der Waals surface area (Å²) >= 11 is 6.03. The second-order valence-corrected chi connectivity index (χ2v) is 8.79. The van der Waals surface area contributed by atoms with Crippen molar-refractivity contribution < 1.29 is 19.1 Å². The van der Waals surface area contributed by atoms with E-state index < -0.39 is 11.6 Å². The number of aryl methyl sites for hydroxylation is 3. The van der Waals surface area contributed by atoms with Gasteiger partial charge in [-0.25, -0.2) is 14.6 Å². The van der Waals surface area contributed by atoms with Crippen molar-refractivity contribution in [1.82, 2.24) is 9.55 Å². The Kier molecular flexibility index (Phi) is 6.12. The van der Waals surface area contributed by atoms with Crippen molar-refractivity contribution in [2.24, 2.45) is 0 Å². The molecule has 0 aliphatic rings. The fourth-order valence-corrected chi connectivity index (χ4v) is 4.39. The average molecular weight is 504 g/mol. The molecule has 5 aromatic rings. The number of benzene rings is 3. The second-order valence-electron chi connectivity index (χ2n) is 8.35. The average Bonchev–Trinajstić information content (AvgIpc) is 3.18. The van der Waals surface area contributed by atoms with Gasteiger partial charge in [0.15, 0.2) is 0 Å². The molecule has 2 heterocycles. The number of halogens is 1. The Morgan fingerprint density at radius 3 is 2.67 bits per heavy atom. The van der Waals surface area contributed by atoms with Crippen LogP contribution in [-0.4, -0.2) is 27.7 Å². The smallest absolute Gasteiger partial charge is 0.351 e. The SMILES string of the molecule is COc1cccc(Nc2nc3cc4c(C)c(C(=O)O)c(=O)oc4cc3n2CCc2ccc(Cl)cc2)c1. The molecule has 9 heteroatoms. The fraction of sp³-hybridized carbons (Fsp3) is 0.148. The lowest BCUT2D eigenvalue weighted by molar-refractivity contribution is 0.0691. The number of fused-ring (bicyclic) bond motifs is 2. The molecule has 0 spiro atoms. The zero-order valence-corrected chi connectivity index (χ0v) is 20.3. The van der Waals surface area contributed by atoms with E-state index in [1.807, 2.05) is 53.1 Å². The molecule has 0 saturated heterocycles. The largest absolute Gasteiger partial charge is 0.497 e. The molecule has 0 saturated carbocycles. The second kappa shape index (κ2) is 9.39. The third-order valence-electron chi connectivity index (χ3n) is 6.11. The molecule has 2 N–H and O–H groups in total. The Morgan fingerprint density at radius 1 is 1.17 bits per heavy atom. The Hall–Kier alpha value is -4.30. The van der Waals surface area contributed by atoms with Crippen molar-refractivity contribution in [3.63, 3.8) is 0 Å². The van der Waals surface area contributed by atoms with Crippen LogP contribution >= 0.6 is 11.6 Å². The molecule has 0 amide bonds. The molecule has 5 rings (SSSR count). The van der Waals surface area contributed by atoms with E-state index in [9.17, 15) is 14.7 Å². The first kappa shape index (κ1) is 23.4. The lowest BCUT2D eigenvalue weighted by Gasteiger charge is -2.12. The van der Waals surface area contributed by atoms with Gasteiger partial charge in [0.05, 0.1) is 18.1 Å². The van der Waals surface area contributed by atoms with E-state index in [0.717, 1.165) is 16.8 Å². The van der Waals surface area contributed by atoms with Gasteiger partial charge in [0.1, 0.15) is 16.9 Å². The van der Waals surface area contributed by atoms with Gasteiger partial charge in [-0.3, -0.25) is 0 Å². The van der Waals surface area contributed by atoms with Crippen LogP contribution < -0.4 is 15.7 Å². The molecule has 182 valence electrons. The molecule has 36 heavy (non-hydrogen) atoms. The quantitative estimate of drug-likeness (QED) is 0.270. The van der Waals surface area contributed by atoms with Crippen LogP contribution in [0, 0.1) is 6.92 Å². The summed E-state index contributed by atoms with van der Waals surface area (Å²) in [7, 11) is 1.60. The number of imidazole rings is 1. The van der Waals surface area contributed by atoms with E-state index in [-0.39, 0.29) is 5.56 Å². The number of carboxylic acids is 1. The third-order valence-corrected chi connectivity index (χ3v) is 6.36. The van der Waals surface area contributed by atoms with E-state index >= 15 is 0 Å². The van der Waals surface area contributed by atoms with Gasteiger partial charge in [0.25, 0.3) is 0 Å². The maximum atomic E-state index is 12.4. The van der Waals surface area contributed by atoms with Gasteiger partial charge in [-0.2, -0.15) is 0 Å². The summed E-state index contributed by atoms with van der Waals surface area (Å²) in [4.78, 5) is 28.8. The van der Waals surface area contributed by atoms with Gasteiger partial charge >= 0.3 is 11.6 Å². The molecule has 0 atom stereocenters. The maximum absolute atomic E-state index is 12.4. The Balaban J connectivity index is 1.65. The van der Waals surface area contributed by atoms with Gasteiger partial charge < -0.3 is 24.1 Å². The molecule has 0 fully saturated rings. The number of aromatic nitrogens is 2. The van der Waals surface area contributed by atoms with Gasteiger partial charge in [0.2, 0.25) is 5.95 Å². The molecule has 0 aliphatic heterocycles. The number of methoxy groups -OCH3 is 1. The van der Waals surface area contributed by atoms with Crippen molar-refractivity contribution in [3.8, 4) is 5.75 Å². The Bertz CT molecular complexity index is 1670. The first-order valence-corrected chi connectivity index (χ1v) is 11.6. The number of rotatable bonds is 7. The summed E-state index contributed by atoms with van der Waals surface area (Å²) in [5.74, 6) is -0.0359. The number of nitrogens with one attached hydrogen (secondary N) is 1. The van der Waals surface area contributed by atoms with E-state index in [1.165, 1.54) is 0 Å². The minimum absolute atomic E-state index is 0.301. The number of ether oxygens (including phenoxy) is 1. The maximum Gasteiger partial charge on any atom is 0.351 e. The normalized spacial score (nSPS) is 11.2. The predicted molar refractivity (Wildman–Crippen MR) is 139 cm³/mol. The zero-order chi connectivity index (χ0) is 25.4. The molecule has 0 radical (unpaired) electrons. The number of nitrogens with zero attached hydrogens (tertiary/aromatic N) is 2. The molecule has 0 aliphatic carbocycles. The summed E-state index contributed by atoms with van der Waals surface area (Å²) in [5.41, 5.74) is 2.65. The summed E-state index contributed by atoms with van der Waals surface area (Å²) in [6.45, 7) is 2.17. The monoisotopic (exact) mass is 503 g/mol. The van der Waals surface area contributed by atoms with Crippen LogP contribution in [0.2, 0.25) is 5.02 Å². The highest BCUT2D eigenvalue weighted by molar-refractivity contribution is 6.30. The van der Waals surface area contributed by atoms with Crippen LogP contribution in [0.1, 0.15) is 21.5 Å². The van der Waals surface area contributed by atoms with Crippen molar-refractivity contribution in [1.29, 1.82) is 0 Å². The molecule has 8 nitrogen and oxygen atoms in total. The van der Waals surface area contributed by atoms with Crippen LogP contribution in [-0.2, 0) is 13.0 Å². The minimum Gasteiger partial charge on any atom is -0.497 e. The van der Waals surface area contributed by atoms with Crippen molar-refractivity contribution in [2.75, 3.05) is 12.4 Å².